The molecule has 0 fully saturated rings. The van der Waals surface area contributed by atoms with Crippen molar-refractivity contribution in [3.8, 4) is 0 Å². The number of nitrogens with two attached hydrogens (primary N) is 1. The number of benzene rings is 1. The van der Waals surface area contributed by atoms with Gasteiger partial charge in [0.15, 0.2) is 0 Å². The first-order valence-electron chi connectivity index (χ1n) is 4.60. The van der Waals surface area contributed by atoms with E-state index in [0.29, 0.717) is 5.69 Å². The molecule has 0 aromatic heterocycles. The molecule has 78 valence electrons. The molecule has 0 saturated heterocycles. The number of aliphatic hydroxyl groups is 1. The molecule has 0 spiro atoms. The van der Waals surface area contributed by atoms with E-state index in [9.17, 15) is 4.39 Å². The summed E-state index contributed by atoms with van der Waals surface area (Å²) in [6, 6.07) is 4.49. The highest BCUT2D eigenvalue weighted by Gasteiger charge is 2.08. The fraction of sp³-hybridized carbons (Fsp3) is 0.400. The molecule has 0 radical (unpaired) electrons. The van der Waals surface area contributed by atoms with Crippen molar-refractivity contribution in [1.29, 1.82) is 0 Å². The molecule has 4 heteroatoms. The van der Waals surface area contributed by atoms with Gasteiger partial charge in [0.25, 0.3) is 0 Å². The smallest absolute Gasteiger partial charge is 0.148 e. The standard InChI is InChI=1S/C10H15FN2O/c1-2-7(6-14)13-9-5-3-4-8(11)10(9)12/h3-5,7,13-14H,2,6,12H2,1H3. The molecular weight excluding hydrogens is 183 g/mol. The van der Waals surface area contributed by atoms with Gasteiger partial charge >= 0.3 is 0 Å². The lowest BCUT2D eigenvalue weighted by Gasteiger charge is -2.17. The molecule has 1 unspecified atom stereocenters. The number of nitrogen functional groups attached to an aromatic ring is 1. The van der Waals surface area contributed by atoms with E-state index in [1.54, 1.807) is 12.1 Å². The molecule has 4 N–H and O–H groups in total. The summed E-state index contributed by atoms with van der Waals surface area (Å²) in [7, 11) is 0. The molecular formula is C10H15FN2O. The van der Waals surface area contributed by atoms with Crippen molar-refractivity contribution >= 4 is 11.4 Å². The molecule has 1 rings (SSSR count). The van der Waals surface area contributed by atoms with Crippen LogP contribution in [0, 0.1) is 5.82 Å². The number of hydrogen-bond donors (Lipinski definition) is 3. The van der Waals surface area contributed by atoms with Crippen molar-refractivity contribution in [2.24, 2.45) is 0 Å². The Balaban J connectivity index is 2.80. The highest BCUT2D eigenvalue weighted by molar-refractivity contribution is 5.66. The second-order valence-electron chi connectivity index (χ2n) is 3.13. The van der Waals surface area contributed by atoms with Gasteiger partial charge in [0.2, 0.25) is 0 Å². The van der Waals surface area contributed by atoms with Gasteiger partial charge in [-0.1, -0.05) is 13.0 Å². The minimum Gasteiger partial charge on any atom is -0.395 e. The van der Waals surface area contributed by atoms with Gasteiger partial charge in [-0.2, -0.15) is 0 Å². The van der Waals surface area contributed by atoms with Gasteiger partial charge in [-0.15, -0.1) is 0 Å². The number of aliphatic hydroxyl groups excluding tert-OH is 1. The second-order valence-corrected chi connectivity index (χ2v) is 3.13. The molecule has 0 aliphatic rings. The van der Waals surface area contributed by atoms with Crippen LogP contribution in [0.15, 0.2) is 18.2 Å². The third-order valence-corrected chi connectivity index (χ3v) is 2.13. The van der Waals surface area contributed by atoms with E-state index >= 15 is 0 Å². The lowest BCUT2D eigenvalue weighted by Crippen LogP contribution is -2.23. The molecule has 1 atom stereocenters. The second kappa shape index (κ2) is 4.81. The summed E-state index contributed by atoms with van der Waals surface area (Å²) < 4.78 is 13.0. The number of rotatable bonds is 4. The molecule has 1 aromatic rings. The summed E-state index contributed by atoms with van der Waals surface area (Å²) >= 11 is 0. The first-order valence-corrected chi connectivity index (χ1v) is 4.60. The van der Waals surface area contributed by atoms with E-state index in [4.69, 9.17) is 10.8 Å². The Labute approximate surface area is 82.7 Å². The number of anilines is 2. The zero-order chi connectivity index (χ0) is 10.6. The van der Waals surface area contributed by atoms with Crippen LogP contribution in [0.4, 0.5) is 15.8 Å². The molecule has 1 aromatic carbocycles. The molecule has 0 bridgehead atoms. The van der Waals surface area contributed by atoms with E-state index in [1.165, 1.54) is 6.07 Å². The maximum atomic E-state index is 13.0. The van der Waals surface area contributed by atoms with Gasteiger partial charge in [0, 0.05) is 6.04 Å². The van der Waals surface area contributed by atoms with Crippen LogP contribution in [0.1, 0.15) is 13.3 Å². The van der Waals surface area contributed by atoms with Crippen LogP contribution in [0.3, 0.4) is 0 Å². The van der Waals surface area contributed by atoms with Crippen LogP contribution in [0.25, 0.3) is 0 Å². The fourth-order valence-corrected chi connectivity index (χ4v) is 1.16. The van der Waals surface area contributed by atoms with Gasteiger partial charge in [0.1, 0.15) is 5.82 Å². The Morgan fingerprint density at radius 1 is 1.57 bits per heavy atom. The predicted molar refractivity (Wildman–Crippen MR) is 55.6 cm³/mol. The summed E-state index contributed by atoms with van der Waals surface area (Å²) in [6.45, 7) is 1.94. The summed E-state index contributed by atoms with van der Waals surface area (Å²) in [4.78, 5) is 0. The number of nitrogens with one attached hydrogen (secondary N) is 1. The minimum atomic E-state index is -0.442. The fourth-order valence-electron chi connectivity index (χ4n) is 1.16. The van der Waals surface area contributed by atoms with Crippen molar-refractivity contribution in [3.63, 3.8) is 0 Å². The maximum Gasteiger partial charge on any atom is 0.148 e. The lowest BCUT2D eigenvalue weighted by atomic mass is 10.2. The highest BCUT2D eigenvalue weighted by atomic mass is 19.1. The van der Waals surface area contributed by atoms with Gasteiger partial charge in [-0.25, -0.2) is 4.39 Å². The van der Waals surface area contributed by atoms with Gasteiger partial charge < -0.3 is 16.2 Å². The Hall–Kier alpha value is -1.29. The molecule has 0 aliphatic carbocycles. The van der Waals surface area contributed by atoms with Crippen LogP contribution in [0.5, 0.6) is 0 Å². The number of hydrogen-bond acceptors (Lipinski definition) is 3. The molecule has 0 saturated carbocycles. The predicted octanol–water partition coefficient (Wildman–Crippen LogP) is 1.59. The van der Waals surface area contributed by atoms with Crippen LogP contribution in [-0.4, -0.2) is 17.8 Å². The van der Waals surface area contributed by atoms with Gasteiger partial charge in [-0.3, -0.25) is 0 Å². The quantitative estimate of drug-likeness (QED) is 0.644. The zero-order valence-corrected chi connectivity index (χ0v) is 8.13. The topological polar surface area (TPSA) is 58.3 Å². The van der Waals surface area contributed by atoms with E-state index in [2.05, 4.69) is 5.32 Å². The van der Waals surface area contributed by atoms with Crippen LogP contribution in [-0.2, 0) is 0 Å². The van der Waals surface area contributed by atoms with Gasteiger partial charge in [0.05, 0.1) is 18.0 Å². The molecule has 0 amide bonds. The third kappa shape index (κ3) is 2.35. The average Bonchev–Trinajstić information content (AvgIpc) is 2.20. The van der Waals surface area contributed by atoms with Gasteiger partial charge in [-0.05, 0) is 18.6 Å². The number of halogens is 1. The van der Waals surface area contributed by atoms with Crippen molar-refractivity contribution in [1.82, 2.24) is 0 Å². The lowest BCUT2D eigenvalue weighted by molar-refractivity contribution is 0.272. The van der Waals surface area contributed by atoms with E-state index < -0.39 is 5.82 Å². The first-order chi connectivity index (χ1) is 6.69. The summed E-state index contributed by atoms with van der Waals surface area (Å²) in [6.07, 6.45) is 0.756. The minimum absolute atomic E-state index is 0.00640. The van der Waals surface area contributed by atoms with Crippen molar-refractivity contribution in [3.05, 3.63) is 24.0 Å². The molecule has 14 heavy (non-hydrogen) atoms. The largest absolute Gasteiger partial charge is 0.395 e. The maximum absolute atomic E-state index is 13.0. The van der Waals surface area contributed by atoms with Crippen molar-refractivity contribution < 1.29 is 9.50 Å². The van der Waals surface area contributed by atoms with Crippen LogP contribution < -0.4 is 11.1 Å². The Morgan fingerprint density at radius 3 is 2.86 bits per heavy atom. The third-order valence-electron chi connectivity index (χ3n) is 2.13. The number of para-hydroxylation sites is 1. The molecule has 3 nitrogen and oxygen atoms in total. The Morgan fingerprint density at radius 2 is 2.29 bits per heavy atom. The SMILES string of the molecule is CCC(CO)Nc1cccc(F)c1N. The Bertz CT molecular complexity index is 300. The average molecular weight is 198 g/mol. The normalized spacial score (nSPS) is 12.5. The molecule has 0 aliphatic heterocycles. The Kier molecular flexibility index (Phi) is 3.71. The summed E-state index contributed by atoms with van der Waals surface area (Å²) in [5.41, 5.74) is 6.15. The van der Waals surface area contributed by atoms with Crippen LogP contribution >= 0.6 is 0 Å². The van der Waals surface area contributed by atoms with Crippen molar-refractivity contribution in [2.75, 3.05) is 17.7 Å². The zero-order valence-electron chi connectivity index (χ0n) is 8.13. The van der Waals surface area contributed by atoms with E-state index in [0.717, 1.165) is 6.42 Å². The first kappa shape index (κ1) is 10.8. The summed E-state index contributed by atoms with van der Waals surface area (Å²) in [5.74, 6) is -0.442. The summed E-state index contributed by atoms with van der Waals surface area (Å²) in [5, 5.41) is 11.9. The highest BCUT2D eigenvalue weighted by Crippen LogP contribution is 2.22. The monoisotopic (exact) mass is 198 g/mol. The molecule has 0 heterocycles. The van der Waals surface area contributed by atoms with E-state index in [-0.39, 0.29) is 18.3 Å². The van der Waals surface area contributed by atoms with Crippen molar-refractivity contribution in [2.45, 2.75) is 19.4 Å². The van der Waals surface area contributed by atoms with Crippen LogP contribution in [0.2, 0.25) is 0 Å². The van der Waals surface area contributed by atoms with E-state index in [1.807, 2.05) is 6.92 Å².